The minimum atomic E-state index is 0.0338. The van der Waals surface area contributed by atoms with Gasteiger partial charge in [-0.05, 0) is 25.8 Å². The fourth-order valence-electron chi connectivity index (χ4n) is 3.50. The maximum absolute atomic E-state index is 12.0. The van der Waals surface area contributed by atoms with Gasteiger partial charge in [0.25, 0.3) is 5.56 Å². The molecule has 2 atom stereocenters. The van der Waals surface area contributed by atoms with E-state index in [4.69, 9.17) is 0 Å². The summed E-state index contributed by atoms with van der Waals surface area (Å²) < 4.78 is 1.62. The highest BCUT2D eigenvalue weighted by Crippen LogP contribution is 2.29. The number of hydrogen-bond donors (Lipinski definition) is 1. The van der Waals surface area contributed by atoms with Crippen LogP contribution in [0.4, 0.5) is 0 Å². The van der Waals surface area contributed by atoms with Gasteiger partial charge >= 0.3 is 0 Å². The summed E-state index contributed by atoms with van der Waals surface area (Å²) in [7, 11) is 0. The number of nitrogens with one attached hydrogen (secondary N) is 1. The molecule has 5 nitrogen and oxygen atoms in total. The maximum atomic E-state index is 12.0. The average Bonchev–Trinajstić information content (AvgIpc) is 2.95. The van der Waals surface area contributed by atoms with Gasteiger partial charge in [0, 0.05) is 42.8 Å². The average molecular weight is 290 g/mol. The third-order valence-corrected chi connectivity index (χ3v) is 5.26. The second-order valence-electron chi connectivity index (χ2n) is 5.69. The van der Waals surface area contributed by atoms with E-state index in [9.17, 15) is 4.79 Å². The molecule has 0 aliphatic carbocycles. The Bertz CT molecular complexity index is 665. The van der Waals surface area contributed by atoms with E-state index >= 15 is 0 Å². The van der Waals surface area contributed by atoms with Crippen molar-refractivity contribution in [1.29, 1.82) is 0 Å². The lowest BCUT2D eigenvalue weighted by atomic mass is 10.1. The van der Waals surface area contributed by atoms with Crippen LogP contribution in [0, 0.1) is 0 Å². The van der Waals surface area contributed by atoms with Crippen LogP contribution in [0.1, 0.15) is 25.0 Å². The summed E-state index contributed by atoms with van der Waals surface area (Å²) in [5.74, 6) is 0. The molecule has 0 unspecified atom stereocenters. The second-order valence-corrected chi connectivity index (χ2v) is 6.56. The molecule has 1 N–H and O–H groups in total. The first-order valence-electron chi connectivity index (χ1n) is 7.23. The smallest absolute Gasteiger partial charge is 0.258 e. The molecule has 4 rings (SSSR count). The van der Waals surface area contributed by atoms with E-state index in [-0.39, 0.29) is 5.56 Å². The van der Waals surface area contributed by atoms with Crippen LogP contribution in [0.15, 0.2) is 22.4 Å². The van der Waals surface area contributed by atoms with Gasteiger partial charge in [0.2, 0.25) is 0 Å². The fourth-order valence-corrected chi connectivity index (χ4v) is 4.23. The predicted octanol–water partition coefficient (Wildman–Crippen LogP) is 1.08. The molecular weight excluding hydrogens is 272 g/mol. The lowest BCUT2D eigenvalue weighted by molar-refractivity contribution is 0.191. The van der Waals surface area contributed by atoms with E-state index < -0.39 is 0 Å². The van der Waals surface area contributed by atoms with Crippen LogP contribution in [0.25, 0.3) is 4.96 Å². The quantitative estimate of drug-likeness (QED) is 0.899. The topological polar surface area (TPSA) is 49.6 Å². The monoisotopic (exact) mass is 290 g/mol. The fraction of sp³-hybridized carbons (Fsp3) is 0.571. The Morgan fingerprint density at radius 1 is 1.35 bits per heavy atom. The van der Waals surface area contributed by atoms with Gasteiger partial charge < -0.3 is 5.32 Å². The Morgan fingerprint density at radius 3 is 3.20 bits per heavy atom. The molecule has 0 aromatic carbocycles. The van der Waals surface area contributed by atoms with Crippen LogP contribution in [0.5, 0.6) is 0 Å². The van der Waals surface area contributed by atoms with Crippen molar-refractivity contribution in [3.63, 3.8) is 0 Å². The summed E-state index contributed by atoms with van der Waals surface area (Å²) in [5.41, 5.74) is 0.947. The van der Waals surface area contributed by atoms with Gasteiger partial charge in [-0.2, -0.15) is 0 Å². The normalized spacial score (nSPS) is 27.0. The summed E-state index contributed by atoms with van der Waals surface area (Å²) in [6.45, 7) is 2.98. The molecule has 0 saturated carbocycles. The van der Waals surface area contributed by atoms with Gasteiger partial charge in [-0.1, -0.05) is 0 Å². The third-order valence-electron chi connectivity index (χ3n) is 4.51. The van der Waals surface area contributed by atoms with Crippen molar-refractivity contribution in [3.8, 4) is 0 Å². The van der Waals surface area contributed by atoms with Crippen molar-refractivity contribution in [3.05, 3.63) is 33.7 Å². The van der Waals surface area contributed by atoms with Crippen LogP contribution in [0.3, 0.4) is 0 Å². The molecule has 0 spiro atoms. The molecule has 2 aliphatic rings. The lowest BCUT2D eigenvalue weighted by Crippen LogP contribution is -2.37. The van der Waals surface area contributed by atoms with Crippen molar-refractivity contribution in [2.75, 3.05) is 13.1 Å². The first-order valence-corrected chi connectivity index (χ1v) is 8.11. The van der Waals surface area contributed by atoms with E-state index in [0.29, 0.717) is 12.1 Å². The molecule has 2 fully saturated rings. The number of thiazole rings is 1. The van der Waals surface area contributed by atoms with Gasteiger partial charge in [0.05, 0.1) is 5.69 Å². The highest BCUT2D eigenvalue weighted by molar-refractivity contribution is 7.15. The molecule has 2 saturated heterocycles. The summed E-state index contributed by atoms with van der Waals surface area (Å²) in [6, 6.07) is 2.95. The summed E-state index contributed by atoms with van der Waals surface area (Å²) in [4.78, 5) is 20.0. The van der Waals surface area contributed by atoms with Gasteiger partial charge in [-0.15, -0.1) is 11.3 Å². The summed E-state index contributed by atoms with van der Waals surface area (Å²) in [5, 5.41) is 5.42. The van der Waals surface area contributed by atoms with Crippen molar-refractivity contribution in [1.82, 2.24) is 19.6 Å². The SMILES string of the molecule is O=c1cc(CN2[C@H]3CCNC[C@@H]2CC3)nc2sccn12. The summed E-state index contributed by atoms with van der Waals surface area (Å²) in [6.07, 6.45) is 5.54. The number of hydrogen-bond acceptors (Lipinski definition) is 5. The molecule has 6 heteroatoms. The second kappa shape index (κ2) is 4.95. The number of rotatable bonds is 2. The lowest BCUT2D eigenvalue weighted by Gasteiger charge is -2.26. The number of nitrogens with zero attached hydrogens (tertiary/aromatic N) is 3. The Labute approximate surface area is 121 Å². The van der Waals surface area contributed by atoms with Crippen LogP contribution in [-0.4, -0.2) is 39.5 Å². The first-order chi connectivity index (χ1) is 9.81. The van der Waals surface area contributed by atoms with E-state index in [0.717, 1.165) is 30.3 Å². The van der Waals surface area contributed by atoms with Crippen molar-refractivity contribution >= 4 is 16.3 Å². The van der Waals surface area contributed by atoms with Crippen LogP contribution in [-0.2, 0) is 6.54 Å². The zero-order chi connectivity index (χ0) is 13.5. The molecule has 2 bridgehead atoms. The molecule has 0 amide bonds. The Kier molecular flexibility index (Phi) is 3.09. The van der Waals surface area contributed by atoms with Crippen molar-refractivity contribution in [2.45, 2.75) is 37.9 Å². The predicted molar refractivity (Wildman–Crippen MR) is 79.2 cm³/mol. The van der Waals surface area contributed by atoms with E-state index in [1.165, 1.54) is 30.6 Å². The van der Waals surface area contributed by atoms with E-state index in [1.807, 2.05) is 5.38 Å². The van der Waals surface area contributed by atoms with Crippen molar-refractivity contribution in [2.24, 2.45) is 0 Å². The van der Waals surface area contributed by atoms with Crippen LogP contribution >= 0.6 is 11.3 Å². The van der Waals surface area contributed by atoms with Crippen LogP contribution in [0.2, 0.25) is 0 Å². The largest absolute Gasteiger partial charge is 0.315 e. The Hall–Kier alpha value is -1.24. The minimum absolute atomic E-state index is 0.0338. The minimum Gasteiger partial charge on any atom is -0.315 e. The molecule has 4 heterocycles. The Balaban J connectivity index is 1.65. The molecule has 2 aromatic rings. The van der Waals surface area contributed by atoms with Crippen molar-refractivity contribution < 1.29 is 0 Å². The van der Waals surface area contributed by atoms with Gasteiger partial charge in [0.15, 0.2) is 4.96 Å². The van der Waals surface area contributed by atoms with Gasteiger partial charge in [-0.25, -0.2) is 4.98 Å². The zero-order valence-electron chi connectivity index (χ0n) is 11.3. The molecular formula is C14H18N4OS. The van der Waals surface area contributed by atoms with E-state index in [2.05, 4.69) is 15.2 Å². The highest BCUT2D eigenvalue weighted by atomic mass is 32.1. The third kappa shape index (κ3) is 2.08. The zero-order valence-corrected chi connectivity index (χ0v) is 12.1. The molecule has 106 valence electrons. The maximum Gasteiger partial charge on any atom is 0.258 e. The molecule has 2 aromatic heterocycles. The highest BCUT2D eigenvalue weighted by Gasteiger charge is 2.34. The molecule has 2 aliphatic heterocycles. The van der Waals surface area contributed by atoms with Gasteiger partial charge in [-0.3, -0.25) is 14.1 Å². The summed E-state index contributed by atoms with van der Waals surface area (Å²) >= 11 is 1.52. The number of aromatic nitrogens is 2. The number of fused-ring (bicyclic) bond motifs is 3. The standard InChI is InChI=1S/C14H18N4OS/c19-13-7-10(16-14-17(13)5-6-20-14)9-18-11-1-2-12(18)8-15-4-3-11/h5-7,11-12,15H,1-4,8-9H2/t11-,12+/m1/s1. The van der Waals surface area contributed by atoms with Crippen LogP contribution < -0.4 is 10.9 Å². The molecule has 0 radical (unpaired) electrons. The Morgan fingerprint density at radius 2 is 2.25 bits per heavy atom. The van der Waals surface area contributed by atoms with Gasteiger partial charge in [0.1, 0.15) is 0 Å². The molecule has 20 heavy (non-hydrogen) atoms. The first kappa shape index (κ1) is 12.5. The van der Waals surface area contributed by atoms with E-state index in [1.54, 1.807) is 16.7 Å².